The van der Waals surface area contributed by atoms with E-state index in [0.717, 1.165) is 10.0 Å². The molecule has 3 heterocycles. The number of benzene rings is 1. The Bertz CT molecular complexity index is 1040. The number of aryl methyl sites for hydroxylation is 1. The highest BCUT2D eigenvalue weighted by Crippen LogP contribution is 2.33. The van der Waals surface area contributed by atoms with Gasteiger partial charge in [0.1, 0.15) is 23.4 Å². The highest BCUT2D eigenvalue weighted by molar-refractivity contribution is 9.10. The molecule has 1 aliphatic rings. The van der Waals surface area contributed by atoms with Gasteiger partial charge in [0.05, 0.1) is 11.8 Å². The first kappa shape index (κ1) is 15.8. The van der Waals surface area contributed by atoms with Gasteiger partial charge in [0.2, 0.25) is 5.95 Å². The number of hydrogen-bond acceptors (Lipinski definition) is 6. The van der Waals surface area contributed by atoms with E-state index < -0.39 is 5.63 Å². The quantitative estimate of drug-likeness (QED) is 0.712. The van der Waals surface area contributed by atoms with Gasteiger partial charge in [0, 0.05) is 17.0 Å². The minimum Gasteiger partial charge on any atom is -0.507 e. The van der Waals surface area contributed by atoms with Crippen LogP contribution in [0.5, 0.6) is 5.75 Å². The van der Waals surface area contributed by atoms with E-state index in [-0.39, 0.29) is 17.4 Å². The van der Waals surface area contributed by atoms with Crippen LogP contribution in [0, 0.1) is 6.92 Å². The first-order valence-corrected chi connectivity index (χ1v) is 8.39. The number of aliphatic imine (C=N–C) groups is 1. The molecular formula is C17H13BrN4O3. The van der Waals surface area contributed by atoms with Crippen LogP contribution in [-0.2, 0) is 0 Å². The average Bonchev–Trinajstić information content (AvgIpc) is 3.02. The second-order valence-electron chi connectivity index (χ2n) is 5.74. The third-order valence-corrected chi connectivity index (χ3v) is 4.60. The lowest BCUT2D eigenvalue weighted by Gasteiger charge is -2.23. The molecule has 0 saturated heterocycles. The van der Waals surface area contributed by atoms with Crippen molar-refractivity contribution >= 4 is 27.6 Å². The molecule has 25 heavy (non-hydrogen) atoms. The van der Waals surface area contributed by atoms with Crippen LogP contribution in [0.4, 0.5) is 5.95 Å². The molecule has 4 rings (SSSR count). The van der Waals surface area contributed by atoms with Crippen LogP contribution < -0.4 is 5.63 Å². The van der Waals surface area contributed by atoms with Gasteiger partial charge in [-0.15, -0.1) is 0 Å². The zero-order valence-electron chi connectivity index (χ0n) is 13.2. The lowest BCUT2D eigenvalue weighted by Crippen LogP contribution is -2.25. The van der Waals surface area contributed by atoms with E-state index in [1.54, 1.807) is 11.6 Å². The number of fused-ring (bicyclic) bond motifs is 1. The van der Waals surface area contributed by atoms with Gasteiger partial charge in [-0.05, 0) is 24.6 Å². The van der Waals surface area contributed by atoms with Gasteiger partial charge in [-0.1, -0.05) is 28.1 Å². The Morgan fingerprint density at radius 2 is 2.08 bits per heavy atom. The average molecular weight is 401 g/mol. The normalized spacial score (nSPS) is 16.4. The van der Waals surface area contributed by atoms with Crippen molar-refractivity contribution in [2.45, 2.75) is 19.4 Å². The fraction of sp³-hybridized carbons (Fsp3) is 0.176. The molecule has 0 amide bonds. The summed E-state index contributed by atoms with van der Waals surface area (Å²) in [6, 6.07) is 9.05. The summed E-state index contributed by atoms with van der Waals surface area (Å²) in [6.07, 6.45) is 1.81. The largest absolute Gasteiger partial charge is 0.507 e. The number of rotatable bonds is 2. The molecule has 0 bridgehead atoms. The number of aromatic nitrogens is 3. The maximum atomic E-state index is 12.2. The Hall–Kier alpha value is -2.74. The summed E-state index contributed by atoms with van der Waals surface area (Å²) in [7, 11) is 0. The first-order chi connectivity index (χ1) is 12.0. The molecule has 0 radical (unpaired) electrons. The van der Waals surface area contributed by atoms with Gasteiger partial charge >= 0.3 is 5.63 Å². The number of aromatic hydroxyl groups is 1. The third-order valence-electron chi connectivity index (χ3n) is 4.07. The summed E-state index contributed by atoms with van der Waals surface area (Å²) in [5, 5.41) is 14.5. The van der Waals surface area contributed by atoms with Crippen LogP contribution in [0.1, 0.15) is 29.3 Å². The fourth-order valence-corrected chi connectivity index (χ4v) is 3.21. The van der Waals surface area contributed by atoms with Gasteiger partial charge in [-0.25, -0.2) is 14.5 Å². The SMILES string of the molecule is Cc1cc(O)c(C2=Nc3ncnn3[C@@H](c3ccc(Br)cc3)C2)c(=O)o1. The zero-order valence-corrected chi connectivity index (χ0v) is 14.8. The molecule has 8 heteroatoms. The molecular weight excluding hydrogens is 388 g/mol. The molecule has 1 aliphatic heterocycles. The van der Waals surface area contributed by atoms with Crippen LogP contribution in [0.25, 0.3) is 0 Å². The van der Waals surface area contributed by atoms with Gasteiger partial charge in [0.15, 0.2) is 0 Å². The summed E-state index contributed by atoms with van der Waals surface area (Å²) in [6.45, 7) is 1.61. The number of hydrogen-bond donors (Lipinski definition) is 1. The van der Waals surface area contributed by atoms with E-state index in [0.29, 0.717) is 23.8 Å². The number of nitrogens with zero attached hydrogens (tertiary/aromatic N) is 4. The van der Waals surface area contributed by atoms with E-state index in [9.17, 15) is 9.90 Å². The topological polar surface area (TPSA) is 93.5 Å². The zero-order chi connectivity index (χ0) is 17.6. The predicted octanol–water partition coefficient (Wildman–Crippen LogP) is 3.12. The van der Waals surface area contributed by atoms with E-state index in [1.807, 2.05) is 24.3 Å². The fourth-order valence-electron chi connectivity index (χ4n) is 2.94. The van der Waals surface area contributed by atoms with E-state index in [4.69, 9.17) is 4.42 Å². The molecule has 0 aliphatic carbocycles. The maximum Gasteiger partial charge on any atom is 0.348 e. The van der Waals surface area contributed by atoms with Crippen LogP contribution in [0.3, 0.4) is 0 Å². The molecule has 2 aromatic heterocycles. The molecule has 0 unspecified atom stereocenters. The summed E-state index contributed by atoms with van der Waals surface area (Å²) < 4.78 is 7.80. The van der Waals surface area contributed by atoms with Crippen molar-refractivity contribution in [3.05, 3.63) is 68.4 Å². The van der Waals surface area contributed by atoms with Crippen LogP contribution in [-0.4, -0.2) is 25.6 Å². The van der Waals surface area contributed by atoms with Gasteiger partial charge < -0.3 is 9.52 Å². The second-order valence-corrected chi connectivity index (χ2v) is 6.66. The Kier molecular flexibility index (Phi) is 3.76. The number of halogens is 1. The Morgan fingerprint density at radius 3 is 2.80 bits per heavy atom. The molecule has 1 atom stereocenters. The van der Waals surface area contributed by atoms with Gasteiger partial charge in [-0.3, -0.25) is 0 Å². The summed E-state index contributed by atoms with van der Waals surface area (Å²) in [5.41, 5.74) is 0.888. The van der Waals surface area contributed by atoms with Crippen molar-refractivity contribution in [1.29, 1.82) is 0 Å². The summed E-state index contributed by atoms with van der Waals surface area (Å²) in [5.74, 6) is 0.582. The Balaban J connectivity index is 1.85. The van der Waals surface area contributed by atoms with Gasteiger partial charge in [0.25, 0.3) is 0 Å². The van der Waals surface area contributed by atoms with Crippen molar-refractivity contribution in [3.8, 4) is 5.75 Å². The first-order valence-electron chi connectivity index (χ1n) is 7.59. The summed E-state index contributed by atoms with van der Waals surface area (Å²) >= 11 is 3.42. The van der Waals surface area contributed by atoms with Crippen LogP contribution >= 0.6 is 15.9 Å². The summed E-state index contributed by atoms with van der Waals surface area (Å²) in [4.78, 5) is 20.8. The smallest absolute Gasteiger partial charge is 0.348 e. The van der Waals surface area contributed by atoms with Crippen molar-refractivity contribution in [1.82, 2.24) is 14.8 Å². The predicted molar refractivity (Wildman–Crippen MR) is 94.5 cm³/mol. The second kappa shape index (κ2) is 5.96. The molecule has 1 aromatic carbocycles. The van der Waals surface area contributed by atoms with Crippen molar-refractivity contribution in [3.63, 3.8) is 0 Å². The highest BCUT2D eigenvalue weighted by atomic mass is 79.9. The molecule has 126 valence electrons. The lowest BCUT2D eigenvalue weighted by atomic mass is 9.96. The molecule has 0 fully saturated rings. The molecule has 0 saturated carbocycles. The minimum absolute atomic E-state index is 0.0713. The van der Waals surface area contributed by atoms with E-state index in [1.165, 1.54) is 12.4 Å². The molecule has 0 spiro atoms. The van der Waals surface area contributed by atoms with Crippen LogP contribution in [0.15, 0.2) is 55.3 Å². The Labute approximate surface area is 150 Å². The van der Waals surface area contributed by atoms with Crippen LogP contribution in [0.2, 0.25) is 0 Å². The molecule has 3 aromatic rings. The maximum absolute atomic E-state index is 12.2. The van der Waals surface area contributed by atoms with Crippen molar-refractivity contribution in [2.75, 3.05) is 0 Å². The van der Waals surface area contributed by atoms with E-state index in [2.05, 4.69) is 31.0 Å². The standard InChI is InChI=1S/C17H13BrN4O3/c1-9-6-14(23)15(16(24)25-9)12-7-13(10-2-4-11(18)5-3-10)22-17(21-12)19-8-20-22/h2-6,8,13,23H,7H2,1H3/t13-/m1/s1. The Morgan fingerprint density at radius 1 is 1.32 bits per heavy atom. The highest BCUT2D eigenvalue weighted by Gasteiger charge is 2.29. The molecule has 1 N–H and O–H groups in total. The van der Waals surface area contributed by atoms with Crippen molar-refractivity contribution in [2.24, 2.45) is 4.99 Å². The minimum atomic E-state index is -0.612. The van der Waals surface area contributed by atoms with E-state index >= 15 is 0 Å². The lowest BCUT2D eigenvalue weighted by molar-refractivity contribution is 0.431. The molecule has 7 nitrogen and oxygen atoms in total. The third kappa shape index (κ3) is 2.78. The van der Waals surface area contributed by atoms with Gasteiger partial charge in [-0.2, -0.15) is 10.1 Å². The monoisotopic (exact) mass is 400 g/mol. The van der Waals surface area contributed by atoms with Crippen molar-refractivity contribution < 1.29 is 9.52 Å².